The molecule has 0 saturated carbocycles. The van der Waals surface area contributed by atoms with Crippen LogP contribution in [0.5, 0.6) is 0 Å². The summed E-state index contributed by atoms with van der Waals surface area (Å²) in [5.41, 5.74) is 0.301. The summed E-state index contributed by atoms with van der Waals surface area (Å²) in [7, 11) is 0. The SMILES string of the molecule is Cc1ccc([C@@H]2CO2)cc1C(F)(F)F. The van der Waals surface area contributed by atoms with Crippen LogP contribution >= 0.6 is 0 Å². The van der Waals surface area contributed by atoms with Gasteiger partial charge in [-0.15, -0.1) is 0 Å². The van der Waals surface area contributed by atoms with Gasteiger partial charge in [0.1, 0.15) is 6.10 Å². The lowest BCUT2D eigenvalue weighted by atomic mass is 10.0. The minimum atomic E-state index is -4.27. The van der Waals surface area contributed by atoms with Gasteiger partial charge in [0.25, 0.3) is 0 Å². The molecule has 0 amide bonds. The molecule has 0 unspecified atom stereocenters. The molecule has 1 aliphatic rings. The lowest BCUT2D eigenvalue weighted by Gasteiger charge is -2.10. The first-order valence-corrected chi connectivity index (χ1v) is 4.28. The molecule has 0 bridgehead atoms. The van der Waals surface area contributed by atoms with E-state index in [-0.39, 0.29) is 11.7 Å². The summed E-state index contributed by atoms with van der Waals surface area (Å²) in [4.78, 5) is 0. The van der Waals surface area contributed by atoms with E-state index in [9.17, 15) is 13.2 Å². The second kappa shape index (κ2) is 2.98. The molecule has 1 atom stereocenters. The first-order chi connectivity index (χ1) is 6.48. The summed E-state index contributed by atoms with van der Waals surface area (Å²) in [5, 5.41) is 0. The molecule has 1 fully saturated rings. The van der Waals surface area contributed by atoms with E-state index in [0.717, 1.165) is 0 Å². The molecule has 1 heterocycles. The zero-order valence-corrected chi connectivity index (χ0v) is 7.56. The number of rotatable bonds is 1. The standard InChI is InChI=1S/C10H9F3O/c1-6-2-3-7(9-5-14-9)4-8(6)10(11,12)13/h2-4,9H,5H2,1H3/t9-/m0/s1. The van der Waals surface area contributed by atoms with Crippen molar-refractivity contribution < 1.29 is 17.9 Å². The Labute approximate surface area is 79.5 Å². The summed E-state index contributed by atoms with van der Waals surface area (Å²) < 4.78 is 42.3. The molecule has 1 saturated heterocycles. The van der Waals surface area contributed by atoms with Crippen molar-refractivity contribution >= 4 is 0 Å². The highest BCUT2D eigenvalue weighted by Gasteiger charge is 2.34. The highest BCUT2D eigenvalue weighted by Crippen LogP contribution is 2.36. The predicted molar refractivity (Wildman–Crippen MR) is 44.9 cm³/mol. The molecule has 76 valence electrons. The Morgan fingerprint density at radius 2 is 2.00 bits per heavy atom. The van der Waals surface area contributed by atoms with Gasteiger partial charge in [0.05, 0.1) is 12.2 Å². The molecule has 0 aromatic heterocycles. The highest BCUT2D eigenvalue weighted by atomic mass is 19.4. The predicted octanol–water partition coefficient (Wildman–Crippen LogP) is 3.09. The first-order valence-electron chi connectivity index (χ1n) is 4.28. The fourth-order valence-electron chi connectivity index (χ4n) is 1.39. The maximum atomic E-state index is 12.5. The molecular weight excluding hydrogens is 193 g/mol. The maximum absolute atomic E-state index is 12.5. The number of alkyl halides is 3. The van der Waals surface area contributed by atoms with Crippen LogP contribution in [0.15, 0.2) is 18.2 Å². The van der Waals surface area contributed by atoms with Crippen molar-refractivity contribution in [2.45, 2.75) is 19.2 Å². The summed E-state index contributed by atoms with van der Waals surface area (Å²) in [6.07, 6.45) is -4.40. The molecule has 0 aliphatic carbocycles. The van der Waals surface area contributed by atoms with E-state index in [1.54, 1.807) is 6.07 Å². The van der Waals surface area contributed by atoms with E-state index in [4.69, 9.17) is 4.74 Å². The van der Waals surface area contributed by atoms with Gasteiger partial charge in [-0.2, -0.15) is 13.2 Å². The quantitative estimate of drug-likeness (QED) is 0.637. The van der Waals surface area contributed by atoms with Gasteiger partial charge in [0, 0.05) is 0 Å². The molecule has 1 aromatic rings. The topological polar surface area (TPSA) is 12.5 Å². The van der Waals surface area contributed by atoms with Crippen molar-refractivity contribution in [2.24, 2.45) is 0 Å². The van der Waals surface area contributed by atoms with E-state index in [2.05, 4.69) is 0 Å². The van der Waals surface area contributed by atoms with Crippen LogP contribution in [0.2, 0.25) is 0 Å². The summed E-state index contributed by atoms with van der Waals surface area (Å²) in [6, 6.07) is 4.34. The monoisotopic (exact) mass is 202 g/mol. The van der Waals surface area contributed by atoms with E-state index < -0.39 is 11.7 Å². The van der Waals surface area contributed by atoms with Crippen molar-refractivity contribution in [3.05, 3.63) is 34.9 Å². The third kappa shape index (κ3) is 1.75. The van der Waals surface area contributed by atoms with Crippen LogP contribution in [-0.2, 0) is 10.9 Å². The zero-order valence-electron chi connectivity index (χ0n) is 7.56. The van der Waals surface area contributed by atoms with Crippen LogP contribution in [0.3, 0.4) is 0 Å². The Bertz CT molecular complexity index is 353. The maximum Gasteiger partial charge on any atom is 0.416 e. The summed E-state index contributed by atoms with van der Waals surface area (Å²) >= 11 is 0. The van der Waals surface area contributed by atoms with Crippen molar-refractivity contribution in [3.63, 3.8) is 0 Å². The van der Waals surface area contributed by atoms with Crippen molar-refractivity contribution in [1.29, 1.82) is 0 Å². The third-order valence-electron chi connectivity index (χ3n) is 2.27. The Balaban J connectivity index is 2.41. The number of hydrogen-bond acceptors (Lipinski definition) is 1. The summed E-state index contributed by atoms with van der Waals surface area (Å²) in [5.74, 6) is 0. The number of benzene rings is 1. The van der Waals surface area contributed by atoms with E-state index in [1.807, 2.05) is 0 Å². The van der Waals surface area contributed by atoms with Gasteiger partial charge in [-0.1, -0.05) is 12.1 Å². The van der Waals surface area contributed by atoms with Gasteiger partial charge in [-0.3, -0.25) is 0 Å². The Hall–Kier alpha value is -1.03. The molecule has 0 spiro atoms. The second-order valence-corrected chi connectivity index (χ2v) is 3.39. The van der Waals surface area contributed by atoms with Gasteiger partial charge in [0.15, 0.2) is 0 Å². The number of epoxide rings is 1. The van der Waals surface area contributed by atoms with Gasteiger partial charge in [-0.05, 0) is 24.1 Å². The molecule has 1 nitrogen and oxygen atoms in total. The number of ether oxygens (including phenoxy) is 1. The van der Waals surface area contributed by atoms with E-state index >= 15 is 0 Å². The Morgan fingerprint density at radius 1 is 1.36 bits per heavy atom. The number of aryl methyl sites for hydroxylation is 1. The van der Waals surface area contributed by atoms with E-state index in [1.165, 1.54) is 19.1 Å². The summed E-state index contributed by atoms with van der Waals surface area (Å²) in [6.45, 7) is 1.99. The average Bonchev–Trinajstić information content (AvgIpc) is 2.85. The van der Waals surface area contributed by atoms with Gasteiger partial charge in [-0.25, -0.2) is 0 Å². The van der Waals surface area contributed by atoms with Gasteiger partial charge < -0.3 is 4.74 Å². The largest absolute Gasteiger partial charge is 0.416 e. The lowest BCUT2D eigenvalue weighted by Crippen LogP contribution is -2.07. The molecule has 4 heteroatoms. The van der Waals surface area contributed by atoms with Crippen molar-refractivity contribution in [2.75, 3.05) is 6.61 Å². The molecular formula is C10H9F3O. The van der Waals surface area contributed by atoms with Crippen LogP contribution in [0.4, 0.5) is 13.2 Å². The zero-order chi connectivity index (χ0) is 10.3. The molecule has 0 radical (unpaired) electrons. The molecule has 1 aliphatic heterocycles. The number of halogens is 3. The van der Waals surface area contributed by atoms with Crippen LogP contribution < -0.4 is 0 Å². The van der Waals surface area contributed by atoms with Crippen LogP contribution in [0, 0.1) is 6.92 Å². The van der Waals surface area contributed by atoms with E-state index in [0.29, 0.717) is 12.2 Å². The molecule has 14 heavy (non-hydrogen) atoms. The first kappa shape index (κ1) is 9.52. The van der Waals surface area contributed by atoms with Gasteiger partial charge >= 0.3 is 6.18 Å². The normalized spacial score (nSPS) is 21.0. The Morgan fingerprint density at radius 3 is 2.50 bits per heavy atom. The highest BCUT2D eigenvalue weighted by molar-refractivity contribution is 5.35. The van der Waals surface area contributed by atoms with Crippen LogP contribution in [0.25, 0.3) is 0 Å². The molecule has 0 N–H and O–H groups in total. The average molecular weight is 202 g/mol. The van der Waals surface area contributed by atoms with Crippen LogP contribution in [-0.4, -0.2) is 6.61 Å². The van der Waals surface area contributed by atoms with Gasteiger partial charge in [0.2, 0.25) is 0 Å². The van der Waals surface area contributed by atoms with Crippen molar-refractivity contribution in [3.8, 4) is 0 Å². The minimum absolute atomic E-state index is 0.128. The van der Waals surface area contributed by atoms with Crippen molar-refractivity contribution in [1.82, 2.24) is 0 Å². The fourth-order valence-corrected chi connectivity index (χ4v) is 1.39. The molecule has 1 aromatic carbocycles. The fraction of sp³-hybridized carbons (Fsp3) is 0.400. The second-order valence-electron chi connectivity index (χ2n) is 3.39. The minimum Gasteiger partial charge on any atom is -0.368 e. The molecule has 2 rings (SSSR count). The Kier molecular flexibility index (Phi) is 2.03. The smallest absolute Gasteiger partial charge is 0.368 e. The lowest BCUT2D eigenvalue weighted by molar-refractivity contribution is -0.138. The number of hydrogen-bond donors (Lipinski definition) is 0. The third-order valence-corrected chi connectivity index (χ3v) is 2.27. The van der Waals surface area contributed by atoms with Crippen LogP contribution in [0.1, 0.15) is 22.8 Å².